The predicted octanol–water partition coefficient (Wildman–Crippen LogP) is 1.83. The standard InChI is InChI=1S/C15H19N3O/c1-10(2)13(8-17)9-18-14-4-3-11(7-16)5-12(14)6-15(18)19/h3-5,10,13H,6-7,9,16H2,1-2H3. The number of anilines is 1. The molecule has 0 aromatic heterocycles. The molecule has 1 unspecified atom stereocenters. The highest BCUT2D eigenvalue weighted by Crippen LogP contribution is 2.31. The molecule has 0 aliphatic carbocycles. The monoisotopic (exact) mass is 257 g/mol. The molecule has 1 aromatic carbocycles. The summed E-state index contributed by atoms with van der Waals surface area (Å²) in [6.07, 6.45) is 0.416. The van der Waals surface area contributed by atoms with E-state index in [0.717, 1.165) is 16.8 Å². The fourth-order valence-corrected chi connectivity index (χ4v) is 2.36. The molecule has 1 amide bonds. The van der Waals surface area contributed by atoms with Crippen LogP contribution in [-0.2, 0) is 17.8 Å². The third-order valence-electron chi connectivity index (χ3n) is 3.66. The van der Waals surface area contributed by atoms with Gasteiger partial charge in [0.1, 0.15) is 0 Å². The van der Waals surface area contributed by atoms with Crippen LogP contribution in [0.1, 0.15) is 25.0 Å². The first-order valence-electron chi connectivity index (χ1n) is 6.58. The lowest BCUT2D eigenvalue weighted by atomic mass is 9.97. The number of rotatable bonds is 4. The number of amides is 1. The van der Waals surface area contributed by atoms with Crippen LogP contribution in [0, 0.1) is 23.2 Å². The van der Waals surface area contributed by atoms with Crippen molar-refractivity contribution in [3.63, 3.8) is 0 Å². The van der Waals surface area contributed by atoms with Gasteiger partial charge in [0.2, 0.25) is 5.91 Å². The Morgan fingerprint density at radius 1 is 1.47 bits per heavy atom. The van der Waals surface area contributed by atoms with Crippen molar-refractivity contribution in [2.24, 2.45) is 17.6 Å². The molecule has 4 heteroatoms. The molecule has 0 saturated heterocycles. The van der Waals surface area contributed by atoms with Gasteiger partial charge in [-0.3, -0.25) is 4.79 Å². The van der Waals surface area contributed by atoms with Crippen LogP contribution in [0.25, 0.3) is 0 Å². The second-order valence-electron chi connectivity index (χ2n) is 5.33. The van der Waals surface area contributed by atoms with E-state index in [1.165, 1.54) is 0 Å². The van der Waals surface area contributed by atoms with E-state index in [2.05, 4.69) is 6.07 Å². The first kappa shape index (κ1) is 13.6. The van der Waals surface area contributed by atoms with E-state index < -0.39 is 0 Å². The predicted molar refractivity (Wildman–Crippen MR) is 74.3 cm³/mol. The molecule has 0 fully saturated rings. The molecule has 1 aliphatic heterocycles. The zero-order chi connectivity index (χ0) is 14.0. The number of fused-ring (bicyclic) bond motifs is 1. The van der Waals surface area contributed by atoms with Crippen molar-refractivity contribution >= 4 is 11.6 Å². The molecule has 100 valence electrons. The normalized spacial score (nSPS) is 15.5. The van der Waals surface area contributed by atoms with Crippen molar-refractivity contribution in [1.29, 1.82) is 5.26 Å². The number of nitrogens with zero attached hydrogens (tertiary/aromatic N) is 2. The zero-order valence-corrected chi connectivity index (χ0v) is 11.4. The molecule has 19 heavy (non-hydrogen) atoms. The van der Waals surface area contributed by atoms with Gasteiger partial charge in [-0.25, -0.2) is 0 Å². The van der Waals surface area contributed by atoms with Gasteiger partial charge in [0, 0.05) is 18.8 Å². The van der Waals surface area contributed by atoms with Crippen molar-refractivity contribution in [2.75, 3.05) is 11.4 Å². The molecule has 1 atom stereocenters. The summed E-state index contributed by atoms with van der Waals surface area (Å²) >= 11 is 0. The Labute approximate surface area is 113 Å². The summed E-state index contributed by atoms with van der Waals surface area (Å²) in [5.74, 6) is 0.180. The average Bonchev–Trinajstić information content (AvgIpc) is 2.70. The second-order valence-corrected chi connectivity index (χ2v) is 5.33. The van der Waals surface area contributed by atoms with Crippen LogP contribution in [-0.4, -0.2) is 12.5 Å². The van der Waals surface area contributed by atoms with Crippen LogP contribution in [0.4, 0.5) is 5.69 Å². The molecule has 0 bridgehead atoms. The molecule has 1 aromatic rings. The summed E-state index contributed by atoms with van der Waals surface area (Å²) in [6.45, 7) is 4.97. The van der Waals surface area contributed by atoms with E-state index in [9.17, 15) is 4.79 Å². The van der Waals surface area contributed by atoms with Gasteiger partial charge in [-0.15, -0.1) is 0 Å². The van der Waals surface area contributed by atoms with Crippen LogP contribution in [0.2, 0.25) is 0 Å². The Morgan fingerprint density at radius 3 is 2.79 bits per heavy atom. The van der Waals surface area contributed by atoms with Crippen LogP contribution in [0.3, 0.4) is 0 Å². The molecule has 1 aliphatic rings. The number of nitrogens with two attached hydrogens (primary N) is 1. The first-order valence-corrected chi connectivity index (χ1v) is 6.58. The minimum absolute atomic E-state index is 0.0741. The lowest BCUT2D eigenvalue weighted by molar-refractivity contribution is -0.117. The maximum Gasteiger partial charge on any atom is 0.231 e. The van der Waals surface area contributed by atoms with Gasteiger partial charge in [-0.1, -0.05) is 26.0 Å². The van der Waals surface area contributed by atoms with Crippen molar-refractivity contribution in [3.05, 3.63) is 29.3 Å². The number of carbonyl (C=O) groups is 1. The highest BCUT2D eigenvalue weighted by molar-refractivity contribution is 6.01. The average molecular weight is 257 g/mol. The fourth-order valence-electron chi connectivity index (χ4n) is 2.36. The number of hydrogen-bond acceptors (Lipinski definition) is 3. The molecule has 0 spiro atoms. The summed E-state index contributed by atoms with van der Waals surface area (Å²) < 4.78 is 0. The Morgan fingerprint density at radius 2 is 2.21 bits per heavy atom. The Balaban J connectivity index is 2.25. The van der Waals surface area contributed by atoms with Crippen molar-refractivity contribution in [2.45, 2.75) is 26.8 Å². The van der Waals surface area contributed by atoms with Crippen LogP contribution < -0.4 is 10.6 Å². The molecule has 1 heterocycles. The molecule has 0 saturated carbocycles. The SMILES string of the molecule is CC(C)C(C#N)CN1C(=O)Cc2cc(CN)ccc21. The van der Waals surface area contributed by atoms with E-state index in [4.69, 9.17) is 11.0 Å². The van der Waals surface area contributed by atoms with Gasteiger partial charge in [0.25, 0.3) is 0 Å². The summed E-state index contributed by atoms with van der Waals surface area (Å²) in [5, 5.41) is 9.17. The van der Waals surface area contributed by atoms with Gasteiger partial charge in [0.15, 0.2) is 0 Å². The lowest BCUT2D eigenvalue weighted by Gasteiger charge is -2.22. The van der Waals surface area contributed by atoms with Gasteiger partial charge in [-0.2, -0.15) is 5.26 Å². The highest BCUT2D eigenvalue weighted by atomic mass is 16.2. The van der Waals surface area contributed by atoms with E-state index in [-0.39, 0.29) is 17.7 Å². The maximum atomic E-state index is 12.1. The molecular weight excluding hydrogens is 238 g/mol. The van der Waals surface area contributed by atoms with E-state index in [0.29, 0.717) is 19.5 Å². The van der Waals surface area contributed by atoms with E-state index >= 15 is 0 Å². The third kappa shape index (κ3) is 2.61. The molecular formula is C15H19N3O. The molecule has 4 nitrogen and oxygen atoms in total. The Bertz CT molecular complexity index is 531. The van der Waals surface area contributed by atoms with Crippen LogP contribution in [0.15, 0.2) is 18.2 Å². The topological polar surface area (TPSA) is 70.1 Å². The highest BCUT2D eigenvalue weighted by Gasteiger charge is 2.30. The summed E-state index contributed by atoms with van der Waals surface area (Å²) in [5.41, 5.74) is 8.60. The van der Waals surface area contributed by atoms with Crippen molar-refractivity contribution in [3.8, 4) is 6.07 Å². The second kappa shape index (κ2) is 5.41. The number of nitriles is 1. The summed E-state index contributed by atoms with van der Waals surface area (Å²) in [4.78, 5) is 13.8. The Kier molecular flexibility index (Phi) is 3.87. The van der Waals surface area contributed by atoms with Crippen LogP contribution in [0.5, 0.6) is 0 Å². The van der Waals surface area contributed by atoms with E-state index in [1.807, 2.05) is 32.0 Å². The van der Waals surface area contributed by atoms with Gasteiger partial charge in [0.05, 0.1) is 18.4 Å². The van der Waals surface area contributed by atoms with Crippen LogP contribution >= 0.6 is 0 Å². The number of hydrogen-bond donors (Lipinski definition) is 1. The van der Waals surface area contributed by atoms with Gasteiger partial charge < -0.3 is 10.6 Å². The van der Waals surface area contributed by atoms with Gasteiger partial charge in [-0.05, 0) is 23.1 Å². The number of carbonyl (C=O) groups excluding carboxylic acids is 1. The largest absolute Gasteiger partial charge is 0.326 e. The minimum atomic E-state index is -0.135. The smallest absolute Gasteiger partial charge is 0.231 e. The maximum absolute atomic E-state index is 12.1. The van der Waals surface area contributed by atoms with Gasteiger partial charge >= 0.3 is 0 Å². The Hall–Kier alpha value is -1.86. The zero-order valence-electron chi connectivity index (χ0n) is 11.4. The molecule has 2 rings (SSSR count). The summed E-state index contributed by atoms with van der Waals surface area (Å²) in [7, 11) is 0. The quantitative estimate of drug-likeness (QED) is 0.894. The third-order valence-corrected chi connectivity index (χ3v) is 3.66. The fraction of sp³-hybridized carbons (Fsp3) is 0.467. The van der Waals surface area contributed by atoms with E-state index in [1.54, 1.807) is 4.90 Å². The lowest BCUT2D eigenvalue weighted by Crippen LogP contribution is -2.33. The molecule has 0 radical (unpaired) electrons. The van der Waals surface area contributed by atoms with Crippen molar-refractivity contribution < 1.29 is 4.79 Å². The molecule has 2 N–H and O–H groups in total. The first-order chi connectivity index (χ1) is 9.06. The number of benzene rings is 1. The summed E-state index contributed by atoms with van der Waals surface area (Å²) in [6, 6.07) is 8.17. The minimum Gasteiger partial charge on any atom is -0.326 e. The van der Waals surface area contributed by atoms with Crippen molar-refractivity contribution in [1.82, 2.24) is 0 Å².